The number of aromatic nitrogens is 1. The SMILES string of the molecule is Oc1cc(Cl)ccc1Oc1ccc(Cl)cc1Cl.Oc1cc(Cl)ccc1Oc1ccc(Cl)cc1Cl.On1ccccc1=S.[Zn]. The fourth-order valence-electron chi connectivity index (χ4n) is 2.93. The molecule has 0 amide bonds. The van der Waals surface area contributed by atoms with Gasteiger partial charge in [-0.3, -0.25) is 0 Å². The zero-order chi connectivity index (χ0) is 30.8. The van der Waals surface area contributed by atoms with E-state index in [4.69, 9.17) is 84.3 Å². The topological polar surface area (TPSA) is 84.1 Å². The Labute approximate surface area is 295 Å². The van der Waals surface area contributed by atoms with Crippen molar-refractivity contribution in [1.29, 1.82) is 0 Å². The number of phenolic OH excluding ortho intramolecular Hbond substituents is 2. The first-order chi connectivity index (χ1) is 19.9. The molecule has 0 saturated carbocycles. The third kappa shape index (κ3) is 11.9. The van der Waals surface area contributed by atoms with E-state index in [9.17, 15) is 10.2 Å². The second-order valence-electron chi connectivity index (χ2n) is 7.96. The molecule has 1 aromatic heterocycles. The average molecular weight is 772 g/mol. The molecular weight excluding hydrogens is 752 g/mol. The predicted octanol–water partition coefficient (Wildman–Crippen LogP) is 11.7. The van der Waals surface area contributed by atoms with Gasteiger partial charge in [-0.1, -0.05) is 87.9 Å². The summed E-state index contributed by atoms with van der Waals surface area (Å²) in [6, 6.07) is 23.9. The van der Waals surface area contributed by atoms with Gasteiger partial charge < -0.3 is 24.9 Å². The summed E-state index contributed by atoms with van der Waals surface area (Å²) in [5.74, 6) is 1.27. The van der Waals surface area contributed by atoms with Crippen molar-refractivity contribution in [2.75, 3.05) is 0 Å². The van der Waals surface area contributed by atoms with Crippen molar-refractivity contribution in [3.63, 3.8) is 0 Å². The van der Waals surface area contributed by atoms with Gasteiger partial charge in [-0.25, -0.2) is 0 Å². The fourth-order valence-corrected chi connectivity index (χ4v) is 4.29. The normalized spacial score (nSPS) is 9.81. The largest absolute Gasteiger partial charge is 0.504 e. The number of aromatic hydroxyl groups is 2. The Morgan fingerprint density at radius 1 is 0.535 bits per heavy atom. The third-order valence-electron chi connectivity index (χ3n) is 4.87. The van der Waals surface area contributed by atoms with E-state index in [0.717, 1.165) is 4.73 Å². The monoisotopic (exact) mass is 767 g/mol. The molecule has 0 aliphatic heterocycles. The molecule has 0 atom stereocenters. The molecule has 5 rings (SSSR count). The fraction of sp³-hybridized carbons (Fsp3) is 0. The van der Waals surface area contributed by atoms with Gasteiger partial charge in [0.1, 0.15) is 16.1 Å². The molecule has 3 N–H and O–H groups in total. The summed E-state index contributed by atoms with van der Waals surface area (Å²) in [5.41, 5.74) is 0. The van der Waals surface area contributed by atoms with Crippen LogP contribution in [0.1, 0.15) is 0 Å². The summed E-state index contributed by atoms with van der Waals surface area (Å²) < 4.78 is 12.2. The Hall–Kier alpha value is -2.39. The summed E-state index contributed by atoms with van der Waals surface area (Å²) in [4.78, 5) is 0. The number of pyridine rings is 1. The minimum Gasteiger partial charge on any atom is -0.504 e. The molecule has 14 heteroatoms. The number of halogens is 6. The second-order valence-corrected chi connectivity index (χ2v) is 10.9. The van der Waals surface area contributed by atoms with Crippen molar-refractivity contribution in [1.82, 2.24) is 4.73 Å². The summed E-state index contributed by atoms with van der Waals surface area (Å²) >= 11 is 39.5. The van der Waals surface area contributed by atoms with Gasteiger partial charge in [-0.15, -0.1) is 0 Å². The first kappa shape index (κ1) is 36.8. The van der Waals surface area contributed by atoms with E-state index in [1.807, 2.05) is 0 Å². The van der Waals surface area contributed by atoms with Crippen LogP contribution in [-0.4, -0.2) is 20.2 Å². The van der Waals surface area contributed by atoms with Crippen LogP contribution in [0.4, 0.5) is 0 Å². The second kappa shape index (κ2) is 17.8. The van der Waals surface area contributed by atoms with Crippen molar-refractivity contribution in [3.05, 3.63) is 132 Å². The van der Waals surface area contributed by atoms with Crippen molar-refractivity contribution in [3.8, 4) is 34.5 Å². The first-order valence-electron chi connectivity index (χ1n) is 11.5. The molecule has 0 spiro atoms. The smallest absolute Gasteiger partial charge is 0.169 e. The molecular formula is C29H19Cl6NO5SZn. The standard InChI is InChI=1S/2C12H7Cl3O2.C5H5NOS.Zn/c2*13-7-1-3-11(9(15)5-7)17-12-4-2-8(14)6-10(12)16;7-6-4-2-1-3-5(6)8;/h2*1-6,16H;1-4,7H;. The van der Waals surface area contributed by atoms with Crippen LogP contribution in [0.5, 0.6) is 34.5 Å². The molecule has 0 radical (unpaired) electrons. The zero-order valence-corrected chi connectivity index (χ0v) is 30.0. The molecule has 5 aromatic rings. The molecule has 0 saturated heterocycles. The summed E-state index contributed by atoms with van der Waals surface area (Å²) in [6.07, 6.45) is 1.49. The minimum absolute atomic E-state index is 0. The average Bonchev–Trinajstić information content (AvgIpc) is 2.92. The molecule has 4 aromatic carbocycles. The summed E-state index contributed by atoms with van der Waals surface area (Å²) in [5, 5.41) is 30.6. The number of benzene rings is 4. The number of hydrogen-bond acceptors (Lipinski definition) is 6. The molecule has 1 heterocycles. The third-order valence-corrected chi connectivity index (χ3v) is 6.73. The zero-order valence-electron chi connectivity index (χ0n) is 21.7. The van der Waals surface area contributed by atoms with Gasteiger partial charge in [-0.05, 0) is 72.8 Å². The maximum Gasteiger partial charge on any atom is 0.169 e. The van der Waals surface area contributed by atoms with E-state index < -0.39 is 0 Å². The van der Waals surface area contributed by atoms with Crippen LogP contribution in [0, 0.1) is 4.64 Å². The van der Waals surface area contributed by atoms with Crippen molar-refractivity contribution < 1.29 is 44.4 Å². The number of ether oxygens (including phenoxy) is 2. The van der Waals surface area contributed by atoms with Gasteiger partial charge in [-0.2, -0.15) is 4.73 Å². The molecule has 0 bridgehead atoms. The Morgan fingerprint density at radius 3 is 1.21 bits per heavy atom. The first-order valence-corrected chi connectivity index (χ1v) is 14.2. The van der Waals surface area contributed by atoms with Crippen LogP contribution < -0.4 is 9.47 Å². The Bertz CT molecular complexity index is 1540. The summed E-state index contributed by atoms with van der Waals surface area (Å²) in [6.45, 7) is 0. The van der Waals surface area contributed by atoms with Crippen molar-refractivity contribution >= 4 is 81.8 Å². The Morgan fingerprint density at radius 2 is 0.907 bits per heavy atom. The number of nitrogens with zero attached hydrogens (tertiary/aromatic N) is 1. The van der Waals surface area contributed by atoms with Gasteiger partial charge in [0.2, 0.25) is 0 Å². The molecule has 0 aliphatic carbocycles. The van der Waals surface area contributed by atoms with E-state index in [1.54, 1.807) is 78.9 Å². The maximum absolute atomic E-state index is 9.62. The Kier molecular flexibility index (Phi) is 15.2. The van der Waals surface area contributed by atoms with Crippen LogP contribution in [0.25, 0.3) is 0 Å². The van der Waals surface area contributed by atoms with Gasteiger partial charge >= 0.3 is 0 Å². The molecule has 220 valence electrons. The molecule has 0 unspecified atom stereocenters. The molecule has 43 heavy (non-hydrogen) atoms. The van der Waals surface area contributed by atoms with E-state index in [0.29, 0.717) is 46.3 Å². The van der Waals surface area contributed by atoms with Gasteiger partial charge in [0.25, 0.3) is 0 Å². The van der Waals surface area contributed by atoms with Crippen molar-refractivity contribution in [2.45, 2.75) is 0 Å². The van der Waals surface area contributed by atoms with E-state index >= 15 is 0 Å². The van der Waals surface area contributed by atoms with Crippen LogP contribution >= 0.6 is 81.8 Å². The molecule has 0 aliphatic rings. The Balaban J connectivity index is 0.000000237. The number of rotatable bonds is 4. The van der Waals surface area contributed by atoms with Crippen LogP contribution in [0.15, 0.2) is 97.2 Å². The summed E-state index contributed by atoms with van der Waals surface area (Å²) in [7, 11) is 0. The number of phenols is 2. The van der Waals surface area contributed by atoms with Crippen LogP contribution in [-0.2, 0) is 19.5 Å². The van der Waals surface area contributed by atoms with E-state index in [-0.39, 0.29) is 42.5 Å². The van der Waals surface area contributed by atoms with Crippen LogP contribution in [0.3, 0.4) is 0 Å². The molecule has 0 fully saturated rings. The van der Waals surface area contributed by atoms with E-state index in [2.05, 4.69) is 12.2 Å². The molecule has 6 nitrogen and oxygen atoms in total. The van der Waals surface area contributed by atoms with Crippen molar-refractivity contribution in [2.24, 2.45) is 0 Å². The van der Waals surface area contributed by atoms with Crippen LogP contribution in [0.2, 0.25) is 30.1 Å². The van der Waals surface area contributed by atoms with E-state index in [1.165, 1.54) is 18.3 Å². The van der Waals surface area contributed by atoms with Gasteiger partial charge in [0.15, 0.2) is 23.0 Å². The quantitative estimate of drug-likeness (QED) is 0.0959. The minimum atomic E-state index is -0.0523. The predicted molar refractivity (Wildman–Crippen MR) is 172 cm³/mol. The maximum atomic E-state index is 9.62. The van der Waals surface area contributed by atoms with Gasteiger partial charge in [0, 0.05) is 57.9 Å². The van der Waals surface area contributed by atoms with Gasteiger partial charge in [0.05, 0.1) is 10.0 Å². The number of hydrogen-bond donors (Lipinski definition) is 3.